The van der Waals surface area contributed by atoms with E-state index in [2.05, 4.69) is 36.8 Å². The molecule has 4 nitrogen and oxygen atoms in total. The van der Waals surface area contributed by atoms with E-state index in [4.69, 9.17) is 0 Å². The third kappa shape index (κ3) is 2.84. The molecule has 0 bridgehead atoms. The fourth-order valence-electron chi connectivity index (χ4n) is 2.70. The Hall–Kier alpha value is -0.630. The Kier molecular flexibility index (Phi) is 4.27. The standard InChI is InChI=1S/C14H14Br2N2O2S/c15-10-5-6-14(11(16)9-10)21(19,20)18-8-2-4-13(18)12-3-1-7-17-12/h1,3,5-7,9,13,17H,2,4,8H2. The van der Waals surface area contributed by atoms with E-state index < -0.39 is 10.0 Å². The quantitative estimate of drug-likeness (QED) is 0.793. The molecule has 21 heavy (non-hydrogen) atoms. The van der Waals surface area contributed by atoms with Gasteiger partial charge in [0.2, 0.25) is 10.0 Å². The van der Waals surface area contributed by atoms with E-state index in [1.165, 1.54) is 0 Å². The van der Waals surface area contributed by atoms with Crippen LogP contribution < -0.4 is 0 Å². The van der Waals surface area contributed by atoms with Crippen LogP contribution in [0, 0.1) is 0 Å². The predicted molar refractivity (Wildman–Crippen MR) is 88.5 cm³/mol. The summed E-state index contributed by atoms with van der Waals surface area (Å²) in [5, 5.41) is 0. The van der Waals surface area contributed by atoms with Crippen molar-refractivity contribution in [3.05, 3.63) is 51.2 Å². The second-order valence-corrected chi connectivity index (χ2v) is 8.60. The minimum atomic E-state index is -3.52. The van der Waals surface area contributed by atoms with Crippen molar-refractivity contribution in [1.29, 1.82) is 0 Å². The first-order chi connectivity index (χ1) is 10.00. The lowest BCUT2D eigenvalue weighted by atomic mass is 10.2. The van der Waals surface area contributed by atoms with Gasteiger partial charge < -0.3 is 4.98 Å². The molecule has 3 rings (SSSR count). The molecule has 112 valence electrons. The Balaban J connectivity index is 2.01. The van der Waals surface area contributed by atoms with Crippen LogP contribution in [0.3, 0.4) is 0 Å². The van der Waals surface area contributed by atoms with E-state index in [0.717, 1.165) is 23.0 Å². The number of nitrogens with one attached hydrogen (secondary N) is 1. The van der Waals surface area contributed by atoms with Gasteiger partial charge in [0.25, 0.3) is 0 Å². The lowest BCUT2D eigenvalue weighted by Gasteiger charge is -2.24. The second kappa shape index (κ2) is 5.87. The average molecular weight is 434 g/mol. The van der Waals surface area contributed by atoms with Gasteiger partial charge in [0.15, 0.2) is 0 Å². The van der Waals surface area contributed by atoms with Gasteiger partial charge in [-0.1, -0.05) is 15.9 Å². The van der Waals surface area contributed by atoms with Crippen LogP contribution in [0.2, 0.25) is 0 Å². The van der Waals surface area contributed by atoms with Crippen LogP contribution in [0.4, 0.5) is 0 Å². The maximum absolute atomic E-state index is 12.9. The van der Waals surface area contributed by atoms with Crippen LogP contribution in [0.25, 0.3) is 0 Å². The number of hydrogen-bond acceptors (Lipinski definition) is 2. The Morgan fingerprint density at radius 3 is 2.71 bits per heavy atom. The molecular formula is C14H14Br2N2O2S. The van der Waals surface area contributed by atoms with Crippen molar-refractivity contribution in [1.82, 2.24) is 9.29 Å². The predicted octanol–water partition coefficient (Wildman–Crippen LogP) is 4.07. The molecule has 1 atom stereocenters. The molecule has 1 saturated heterocycles. The van der Waals surface area contributed by atoms with E-state index in [9.17, 15) is 8.42 Å². The van der Waals surface area contributed by atoms with Gasteiger partial charge in [-0.2, -0.15) is 4.31 Å². The third-order valence-corrected chi connectivity index (χ3v) is 7.04. The highest BCUT2D eigenvalue weighted by molar-refractivity contribution is 9.11. The monoisotopic (exact) mass is 432 g/mol. The number of halogens is 2. The zero-order valence-corrected chi connectivity index (χ0v) is 15.1. The molecule has 1 fully saturated rings. The summed E-state index contributed by atoms with van der Waals surface area (Å²) in [4.78, 5) is 3.44. The van der Waals surface area contributed by atoms with Gasteiger partial charge in [-0.15, -0.1) is 0 Å². The van der Waals surface area contributed by atoms with Crippen LogP contribution in [0.15, 0.2) is 50.4 Å². The highest BCUT2D eigenvalue weighted by atomic mass is 79.9. The first-order valence-corrected chi connectivity index (χ1v) is 9.63. The first-order valence-electron chi connectivity index (χ1n) is 6.60. The molecule has 1 N–H and O–H groups in total. The lowest BCUT2D eigenvalue weighted by molar-refractivity contribution is 0.391. The van der Waals surface area contributed by atoms with Gasteiger partial charge >= 0.3 is 0 Å². The molecule has 1 unspecified atom stereocenters. The van der Waals surface area contributed by atoms with Crippen LogP contribution >= 0.6 is 31.9 Å². The van der Waals surface area contributed by atoms with Gasteiger partial charge in [0, 0.05) is 27.4 Å². The van der Waals surface area contributed by atoms with Gasteiger partial charge in [-0.25, -0.2) is 8.42 Å². The number of aromatic nitrogens is 1. The van der Waals surface area contributed by atoms with E-state index in [-0.39, 0.29) is 6.04 Å². The first kappa shape index (κ1) is 15.3. The molecule has 2 heterocycles. The van der Waals surface area contributed by atoms with Gasteiger partial charge in [-0.05, 0) is 59.1 Å². The lowest BCUT2D eigenvalue weighted by Crippen LogP contribution is -2.31. The number of benzene rings is 1. The number of hydrogen-bond donors (Lipinski definition) is 1. The van der Waals surface area contributed by atoms with Gasteiger partial charge in [-0.3, -0.25) is 0 Å². The molecule has 7 heteroatoms. The molecule has 1 aliphatic heterocycles. The van der Waals surface area contributed by atoms with Crippen molar-refractivity contribution in [2.45, 2.75) is 23.8 Å². The highest BCUT2D eigenvalue weighted by Gasteiger charge is 2.37. The normalized spacial score (nSPS) is 20.0. The van der Waals surface area contributed by atoms with Crippen molar-refractivity contribution in [3.8, 4) is 0 Å². The maximum atomic E-state index is 12.9. The Morgan fingerprint density at radius 2 is 2.05 bits per heavy atom. The van der Waals surface area contributed by atoms with Crippen molar-refractivity contribution in [2.24, 2.45) is 0 Å². The summed E-state index contributed by atoms with van der Waals surface area (Å²) in [6.45, 7) is 0.550. The molecule has 1 aromatic heterocycles. The maximum Gasteiger partial charge on any atom is 0.244 e. The number of nitrogens with zero attached hydrogens (tertiary/aromatic N) is 1. The van der Waals surface area contributed by atoms with E-state index in [0.29, 0.717) is 15.9 Å². The molecule has 2 aromatic rings. The van der Waals surface area contributed by atoms with Crippen LogP contribution in [-0.4, -0.2) is 24.3 Å². The van der Waals surface area contributed by atoms with Crippen molar-refractivity contribution in [2.75, 3.05) is 6.54 Å². The molecule has 0 amide bonds. The molecule has 0 radical (unpaired) electrons. The summed E-state index contributed by atoms with van der Waals surface area (Å²) < 4.78 is 28.9. The average Bonchev–Trinajstić information content (AvgIpc) is 3.09. The zero-order valence-electron chi connectivity index (χ0n) is 11.1. The topological polar surface area (TPSA) is 53.2 Å². The fraction of sp³-hybridized carbons (Fsp3) is 0.286. The van der Waals surface area contributed by atoms with Crippen molar-refractivity contribution in [3.63, 3.8) is 0 Å². The molecule has 1 aliphatic rings. The third-order valence-electron chi connectivity index (χ3n) is 3.67. The summed E-state index contributed by atoms with van der Waals surface area (Å²) >= 11 is 6.70. The Bertz CT molecular complexity index is 744. The summed E-state index contributed by atoms with van der Waals surface area (Å²) in [5.74, 6) is 0. The number of sulfonamides is 1. The molecule has 1 aromatic carbocycles. The minimum absolute atomic E-state index is 0.111. The van der Waals surface area contributed by atoms with E-state index >= 15 is 0 Å². The van der Waals surface area contributed by atoms with Crippen LogP contribution in [0.1, 0.15) is 24.6 Å². The second-order valence-electron chi connectivity index (χ2n) is 4.97. The largest absolute Gasteiger partial charge is 0.364 e. The minimum Gasteiger partial charge on any atom is -0.364 e. The molecule has 0 spiro atoms. The fourth-order valence-corrected chi connectivity index (χ4v) is 6.08. The SMILES string of the molecule is O=S(=O)(c1ccc(Br)cc1Br)N1CCCC1c1ccc[nH]1. The van der Waals surface area contributed by atoms with Crippen LogP contribution in [-0.2, 0) is 10.0 Å². The summed E-state index contributed by atoms with van der Waals surface area (Å²) in [7, 11) is -3.52. The molecule has 0 saturated carbocycles. The molecular weight excluding hydrogens is 420 g/mol. The smallest absolute Gasteiger partial charge is 0.244 e. The van der Waals surface area contributed by atoms with Crippen molar-refractivity contribution >= 4 is 41.9 Å². The Labute approximate surface area is 140 Å². The number of aromatic amines is 1. The zero-order chi connectivity index (χ0) is 15.0. The summed E-state index contributed by atoms with van der Waals surface area (Å²) in [5.41, 5.74) is 0.948. The number of H-pyrrole nitrogens is 1. The number of rotatable bonds is 3. The van der Waals surface area contributed by atoms with Gasteiger partial charge in [0.05, 0.1) is 10.9 Å². The summed E-state index contributed by atoms with van der Waals surface area (Å²) in [6, 6.07) is 8.86. The molecule has 0 aliphatic carbocycles. The van der Waals surface area contributed by atoms with Crippen molar-refractivity contribution < 1.29 is 8.42 Å². The van der Waals surface area contributed by atoms with E-state index in [1.807, 2.05) is 18.3 Å². The van der Waals surface area contributed by atoms with Crippen LogP contribution in [0.5, 0.6) is 0 Å². The van der Waals surface area contributed by atoms with E-state index in [1.54, 1.807) is 22.5 Å². The van der Waals surface area contributed by atoms with Gasteiger partial charge in [0.1, 0.15) is 0 Å². The Morgan fingerprint density at radius 1 is 1.24 bits per heavy atom. The highest BCUT2D eigenvalue weighted by Crippen LogP contribution is 2.38. The summed E-state index contributed by atoms with van der Waals surface area (Å²) in [6.07, 6.45) is 3.54.